The monoisotopic (exact) mass is 473 g/mol. The van der Waals surface area contributed by atoms with Crippen LogP contribution in [0.1, 0.15) is 69.7 Å². The molecule has 1 saturated carbocycles. The fourth-order valence-corrected chi connectivity index (χ4v) is 6.41. The third kappa shape index (κ3) is 5.70. The lowest BCUT2D eigenvalue weighted by Crippen LogP contribution is -2.40. The molecule has 0 amide bonds. The van der Waals surface area contributed by atoms with Crippen LogP contribution in [0.5, 0.6) is 0 Å². The van der Waals surface area contributed by atoms with E-state index in [0.717, 1.165) is 68.4 Å². The van der Waals surface area contributed by atoms with Crippen LogP contribution in [0.4, 0.5) is 5.69 Å². The highest BCUT2D eigenvalue weighted by atomic mass is 32.2. The number of benzene rings is 1. The van der Waals surface area contributed by atoms with Crippen molar-refractivity contribution >= 4 is 22.9 Å². The van der Waals surface area contributed by atoms with E-state index in [2.05, 4.69) is 33.6 Å². The van der Waals surface area contributed by atoms with Crippen LogP contribution in [0, 0.1) is 5.41 Å². The Balaban J connectivity index is 1.36. The molecule has 2 heterocycles. The molecule has 2 fully saturated rings. The minimum absolute atomic E-state index is 0.192. The molecule has 2 N–H and O–H groups in total. The molecule has 1 aliphatic heterocycles. The van der Waals surface area contributed by atoms with Gasteiger partial charge in [-0.05, 0) is 58.4 Å². The van der Waals surface area contributed by atoms with Crippen LogP contribution in [0.25, 0.3) is 11.4 Å². The van der Waals surface area contributed by atoms with Crippen molar-refractivity contribution in [2.45, 2.75) is 75.7 Å². The lowest BCUT2D eigenvalue weighted by molar-refractivity contribution is 0.0716. The summed E-state index contributed by atoms with van der Waals surface area (Å²) in [6.07, 6.45) is 7.37. The van der Waals surface area contributed by atoms with Crippen LogP contribution in [-0.4, -0.2) is 62.5 Å². The summed E-state index contributed by atoms with van der Waals surface area (Å²) in [5.41, 5.74) is 2.58. The normalized spacial score (nSPS) is 23.5. The Bertz CT molecular complexity index is 963. The van der Waals surface area contributed by atoms with Gasteiger partial charge in [-0.1, -0.05) is 17.3 Å². The van der Waals surface area contributed by atoms with Crippen molar-refractivity contribution < 1.29 is 13.5 Å². The first-order valence-electron chi connectivity index (χ1n) is 11.9. The number of anilines is 1. The molecular formula is C24H35N5O3S. The lowest BCUT2D eigenvalue weighted by atomic mass is 9.97. The van der Waals surface area contributed by atoms with Gasteiger partial charge in [0.2, 0.25) is 11.7 Å². The zero-order chi connectivity index (χ0) is 23.4. The number of nitrogens with zero attached hydrogens (tertiary/aromatic N) is 3. The Hall–Kier alpha value is -2.10. The van der Waals surface area contributed by atoms with Crippen LogP contribution in [0.3, 0.4) is 0 Å². The minimum Gasteiger partial charge on any atom is -0.382 e. The van der Waals surface area contributed by atoms with Gasteiger partial charge in [0.15, 0.2) is 0 Å². The van der Waals surface area contributed by atoms with Crippen molar-refractivity contribution in [1.82, 2.24) is 14.4 Å². The van der Waals surface area contributed by atoms with Crippen molar-refractivity contribution in [3.05, 3.63) is 29.7 Å². The van der Waals surface area contributed by atoms with Gasteiger partial charge in [0, 0.05) is 60.4 Å². The van der Waals surface area contributed by atoms with Crippen LogP contribution in [-0.2, 0) is 15.7 Å². The van der Waals surface area contributed by atoms with E-state index in [-0.39, 0.29) is 17.2 Å². The number of hydrogen-bond acceptors (Lipinski definition) is 7. The molecule has 1 atom stereocenters. The Morgan fingerprint density at radius 1 is 1.21 bits per heavy atom. The standard InChI is InChI=1S/C24H35N5O3S/c1-16(2)26-22-14-18(4-5-19(22)15-25)23-27-24(32-28-23)17-10-12-29(13-11-17)33(30)21-8-6-20(31-3)7-9-21/h4-5,14-17,20-21,25-26H,6-13H2,1-3H3. The topological polar surface area (TPSA) is 104 Å². The molecule has 1 unspecified atom stereocenters. The van der Waals surface area contributed by atoms with Crippen LogP contribution < -0.4 is 5.32 Å². The van der Waals surface area contributed by atoms with Gasteiger partial charge >= 0.3 is 0 Å². The third-order valence-electron chi connectivity index (χ3n) is 6.65. The van der Waals surface area contributed by atoms with Gasteiger partial charge < -0.3 is 20.0 Å². The Morgan fingerprint density at radius 2 is 1.94 bits per heavy atom. The van der Waals surface area contributed by atoms with Crippen molar-refractivity contribution in [3.8, 4) is 11.4 Å². The average molecular weight is 474 g/mol. The second-order valence-electron chi connectivity index (χ2n) is 9.32. The number of piperidine rings is 1. The maximum Gasteiger partial charge on any atom is 0.230 e. The zero-order valence-corrected chi connectivity index (χ0v) is 20.6. The first-order chi connectivity index (χ1) is 16.0. The quantitative estimate of drug-likeness (QED) is 0.552. The highest BCUT2D eigenvalue weighted by molar-refractivity contribution is 7.83. The Labute approximate surface area is 198 Å². The molecule has 2 aliphatic rings. The number of rotatable bonds is 8. The van der Waals surface area contributed by atoms with Gasteiger partial charge in [0.1, 0.15) is 0 Å². The third-order valence-corrected chi connectivity index (χ3v) is 8.57. The van der Waals surface area contributed by atoms with Gasteiger partial charge in [0.05, 0.1) is 17.1 Å². The molecule has 1 aromatic carbocycles. The molecule has 0 radical (unpaired) electrons. The molecule has 4 rings (SSSR count). The summed E-state index contributed by atoms with van der Waals surface area (Å²) in [5.74, 6) is 1.41. The number of hydrogen-bond donors (Lipinski definition) is 2. The Kier molecular flexibility index (Phi) is 7.93. The van der Waals surface area contributed by atoms with E-state index in [0.29, 0.717) is 17.8 Å². The minimum atomic E-state index is -0.931. The molecule has 2 aromatic rings. The van der Waals surface area contributed by atoms with Crippen molar-refractivity contribution in [2.24, 2.45) is 0 Å². The lowest BCUT2D eigenvalue weighted by Gasteiger charge is -2.34. The van der Waals surface area contributed by atoms with E-state index >= 15 is 0 Å². The smallest absolute Gasteiger partial charge is 0.230 e. The summed E-state index contributed by atoms with van der Waals surface area (Å²) in [5, 5.41) is 15.5. The summed E-state index contributed by atoms with van der Waals surface area (Å²) >= 11 is 0. The summed E-state index contributed by atoms with van der Waals surface area (Å²) in [6.45, 7) is 5.71. The fraction of sp³-hybridized carbons (Fsp3) is 0.625. The van der Waals surface area contributed by atoms with E-state index < -0.39 is 11.0 Å². The average Bonchev–Trinajstić information content (AvgIpc) is 3.34. The predicted molar refractivity (Wildman–Crippen MR) is 131 cm³/mol. The van der Waals surface area contributed by atoms with Gasteiger partial charge in [-0.15, -0.1) is 0 Å². The molecular weight excluding hydrogens is 438 g/mol. The second kappa shape index (κ2) is 10.9. The Morgan fingerprint density at radius 3 is 2.58 bits per heavy atom. The van der Waals surface area contributed by atoms with E-state index in [9.17, 15) is 4.21 Å². The van der Waals surface area contributed by atoms with Crippen LogP contribution in [0.15, 0.2) is 22.7 Å². The molecule has 1 aliphatic carbocycles. The summed E-state index contributed by atoms with van der Waals surface area (Å²) in [7, 11) is 0.835. The number of aromatic nitrogens is 2. The number of ether oxygens (including phenoxy) is 1. The molecule has 1 aromatic heterocycles. The van der Waals surface area contributed by atoms with Crippen molar-refractivity contribution in [3.63, 3.8) is 0 Å². The maximum absolute atomic E-state index is 13.1. The van der Waals surface area contributed by atoms with E-state index in [4.69, 9.17) is 14.7 Å². The van der Waals surface area contributed by atoms with Crippen LogP contribution in [0.2, 0.25) is 0 Å². The summed E-state index contributed by atoms with van der Waals surface area (Å²) < 4.78 is 26.3. The van der Waals surface area contributed by atoms with E-state index in [1.165, 1.54) is 6.21 Å². The molecule has 33 heavy (non-hydrogen) atoms. The van der Waals surface area contributed by atoms with Crippen molar-refractivity contribution in [2.75, 3.05) is 25.5 Å². The SMILES string of the molecule is COC1CCC(S(=O)N2CCC(c3nc(-c4ccc(C=N)c(NC(C)C)c4)no3)CC2)CC1. The van der Waals surface area contributed by atoms with Gasteiger partial charge in [0.25, 0.3) is 0 Å². The second-order valence-corrected chi connectivity index (χ2v) is 11.1. The fourth-order valence-electron chi connectivity index (χ4n) is 4.74. The van der Waals surface area contributed by atoms with E-state index in [1.54, 1.807) is 7.11 Å². The zero-order valence-electron chi connectivity index (χ0n) is 19.8. The largest absolute Gasteiger partial charge is 0.382 e. The van der Waals surface area contributed by atoms with Gasteiger partial charge in [-0.3, -0.25) is 0 Å². The van der Waals surface area contributed by atoms with Crippen LogP contribution >= 0.6 is 0 Å². The number of nitrogens with one attached hydrogen (secondary N) is 2. The summed E-state index contributed by atoms with van der Waals surface area (Å²) in [4.78, 5) is 4.69. The molecule has 8 nitrogen and oxygen atoms in total. The molecule has 180 valence electrons. The summed E-state index contributed by atoms with van der Waals surface area (Å²) in [6, 6.07) is 6.05. The highest BCUT2D eigenvalue weighted by Crippen LogP contribution is 2.32. The molecule has 9 heteroatoms. The van der Waals surface area contributed by atoms with Gasteiger partial charge in [-0.25, -0.2) is 8.51 Å². The molecule has 0 spiro atoms. The van der Waals surface area contributed by atoms with Crippen molar-refractivity contribution in [1.29, 1.82) is 5.41 Å². The van der Waals surface area contributed by atoms with E-state index in [1.807, 2.05) is 18.2 Å². The maximum atomic E-state index is 13.1. The first kappa shape index (κ1) is 24.0. The van der Waals surface area contributed by atoms with Gasteiger partial charge in [-0.2, -0.15) is 4.98 Å². The molecule has 1 saturated heterocycles. The highest BCUT2D eigenvalue weighted by Gasteiger charge is 2.33. The molecule has 0 bridgehead atoms. The predicted octanol–water partition coefficient (Wildman–Crippen LogP) is 4.36. The first-order valence-corrected chi connectivity index (χ1v) is 13.1. The number of methoxy groups -OCH3 is 1.